The van der Waals surface area contributed by atoms with Crippen molar-refractivity contribution in [2.24, 2.45) is 0 Å². The minimum atomic E-state index is -0.518. The zero-order valence-corrected chi connectivity index (χ0v) is 19.4. The van der Waals surface area contributed by atoms with Crippen molar-refractivity contribution in [3.8, 4) is 5.75 Å². The Morgan fingerprint density at radius 1 is 1.18 bits per heavy atom. The molecule has 1 N–H and O–H groups in total. The van der Waals surface area contributed by atoms with Gasteiger partial charge in [-0.15, -0.1) is 0 Å². The monoisotopic (exact) mass is 487 g/mol. The van der Waals surface area contributed by atoms with E-state index in [0.29, 0.717) is 35.2 Å². The molecule has 4 rings (SSSR count). The lowest BCUT2D eigenvalue weighted by molar-refractivity contribution is -0.127. The van der Waals surface area contributed by atoms with E-state index in [0.717, 1.165) is 35.4 Å². The van der Waals surface area contributed by atoms with Gasteiger partial charge in [0.15, 0.2) is 0 Å². The largest absolute Gasteiger partial charge is 0.496 e. The van der Waals surface area contributed by atoms with Crippen molar-refractivity contribution in [1.29, 1.82) is 0 Å². The molecule has 0 aromatic heterocycles. The third kappa shape index (κ3) is 5.50. The van der Waals surface area contributed by atoms with Crippen molar-refractivity contribution in [2.45, 2.75) is 0 Å². The van der Waals surface area contributed by atoms with Crippen molar-refractivity contribution in [3.05, 3.63) is 58.0 Å². The number of halogens is 1. The molecule has 0 unspecified atom stereocenters. The predicted octanol–water partition coefficient (Wildman–Crippen LogP) is 3.86. The zero-order valence-electron chi connectivity index (χ0n) is 17.9. The Hall–Kier alpha value is -3.01. The molecule has 2 aliphatic rings. The lowest BCUT2D eigenvalue weighted by atomic mass is 10.1. The van der Waals surface area contributed by atoms with E-state index in [1.807, 2.05) is 18.2 Å². The van der Waals surface area contributed by atoms with Crippen LogP contribution in [0.1, 0.15) is 5.56 Å². The van der Waals surface area contributed by atoms with E-state index in [2.05, 4.69) is 10.2 Å². The summed E-state index contributed by atoms with van der Waals surface area (Å²) in [7, 11) is 1.56. The van der Waals surface area contributed by atoms with Crippen LogP contribution in [0, 0.1) is 0 Å². The number of rotatable bonds is 6. The number of anilines is 2. The smallest absolute Gasteiger partial charge is 0.294 e. The highest BCUT2D eigenvalue weighted by Crippen LogP contribution is 2.35. The summed E-state index contributed by atoms with van der Waals surface area (Å²) in [5, 5.41) is 2.69. The molecule has 33 heavy (non-hydrogen) atoms. The molecule has 2 heterocycles. The molecular weight excluding hydrogens is 466 g/mol. The second kappa shape index (κ2) is 10.3. The van der Waals surface area contributed by atoms with Gasteiger partial charge in [-0.3, -0.25) is 19.3 Å². The fraction of sp³-hybridized carbons (Fsp3) is 0.261. The number of thioether (sulfide) groups is 1. The summed E-state index contributed by atoms with van der Waals surface area (Å²) >= 11 is 6.64. The summed E-state index contributed by atoms with van der Waals surface area (Å²) in [6, 6.07) is 12.3. The van der Waals surface area contributed by atoms with E-state index in [-0.39, 0.29) is 11.4 Å². The summed E-state index contributed by atoms with van der Waals surface area (Å²) in [6.07, 6.45) is 1.62. The minimum absolute atomic E-state index is 0.233. The van der Waals surface area contributed by atoms with Crippen molar-refractivity contribution in [1.82, 2.24) is 4.90 Å². The number of morpholine rings is 1. The SMILES string of the molecule is COc1cc(N2CCOCC2)ccc1/C=C1\SC(=O)N(CC(=O)Nc2ccc(Cl)cc2)C1=O. The quantitative estimate of drug-likeness (QED) is 0.619. The van der Waals surface area contributed by atoms with Gasteiger partial charge in [0, 0.05) is 41.1 Å². The summed E-state index contributed by atoms with van der Waals surface area (Å²) in [6.45, 7) is 2.54. The molecule has 2 aromatic rings. The lowest BCUT2D eigenvalue weighted by Crippen LogP contribution is -2.36. The zero-order chi connectivity index (χ0) is 23.4. The Balaban J connectivity index is 1.46. The number of nitrogens with zero attached hydrogens (tertiary/aromatic N) is 2. The minimum Gasteiger partial charge on any atom is -0.496 e. The van der Waals surface area contributed by atoms with Crippen LogP contribution in [0.4, 0.5) is 16.2 Å². The van der Waals surface area contributed by atoms with Gasteiger partial charge in [-0.25, -0.2) is 0 Å². The Morgan fingerprint density at radius 2 is 1.91 bits per heavy atom. The number of hydrogen-bond acceptors (Lipinski definition) is 7. The third-order valence-corrected chi connectivity index (χ3v) is 6.34. The number of benzene rings is 2. The van der Waals surface area contributed by atoms with E-state index in [1.165, 1.54) is 0 Å². The predicted molar refractivity (Wildman–Crippen MR) is 129 cm³/mol. The number of methoxy groups -OCH3 is 1. The molecule has 172 valence electrons. The van der Waals surface area contributed by atoms with Crippen LogP contribution in [-0.4, -0.2) is 61.9 Å². The molecule has 10 heteroatoms. The van der Waals surface area contributed by atoms with Gasteiger partial charge < -0.3 is 19.7 Å². The maximum Gasteiger partial charge on any atom is 0.294 e. The van der Waals surface area contributed by atoms with Crippen LogP contribution in [0.2, 0.25) is 5.02 Å². The van der Waals surface area contributed by atoms with Gasteiger partial charge in [-0.05, 0) is 54.2 Å². The van der Waals surface area contributed by atoms with Crippen LogP contribution in [0.3, 0.4) is 0 Å². The summed E-state index contributed by atoms with van der Waals surface area (Å²) in [5.41, 5.74) is 2.20. The van der Waals surface area contributed by atoms with E-state index < -0.39 is 17.1 Å². The van der Waals surface area contributed by atoms with Gasteiger partial charge in [-0.1, -0.05) is 11.6 Å². The average molecular weight is 488 g/mol. The van der Waals surface area contributed by atoms with Crippen LogP contribution in [0.25, 0.3) is 6.08 Å². The number of amides is 3. The standard InChI is InChI=1S/C23H22ClN3O5S/c1-31-19-13-18(26-8-10-32-11-9-26)7-2-15(19)12-20-22(29)27(23(30)33-20)14-21(28)25-17-5-3-16(24)4-6-17/h2-7,12-13H,8-11,14H2,1H3,(H,25,28)/b20-12-. The van der Waals surface area contributed by atoms with Crippen LogP contribution in [0.5, 0.6) is 5.75 Å². The van der Waals surface area contributed by atoms with Crippen molar-refractivity contribution < 1.29 is 23.9 Å². The van der Waals surface area contributed by atoms with E-state index in [9.17, 15) is 14.4 Å². The van der Waals surface area contributed by atoms with E-state index in [1.54, 1.807) is 37.5 Å². The first-order valence-electron chi connectivity index (χ1n) is 10.3. The average Bonchev–Trinajstić information content (AvgIpc) is 3.08. The first-order valence-corrected chi connectivity index (χ1v) is 11.5. The van der Waals surface area contributed by atoms with E-state index in [4.69, 9.17) is 21.1 Å². The second-order valence-corrected chi connectivity index (χ2v) is 8.78. The Kier molecular flexibility index (Phi) is 7.22. The Labute approximate surface area is 200 Å². The van der Waals surface area contributed by atoms with Gasteiger partial charge in [0.1, 0.15) is 12.3 Å². The van der Waals surface area contributed by atoms with Crippen molar-refractivity contribution >= 4 is 57.9 Å². The van der Waals surface area contributed by atoms with Gasteiger partial charge in [0.05, 0.1) is 25.2 Å². The molecule has 2 aromatic carbocycles. The number of nitrogens with one attached hydrogen (secondary N) is 1. The van der Waals surface area contributed by atoms with Crippen molar-refractivity contribution in [3.63, 3.8) is 0 Å². The number of imide groups is 1. The molecule has 8 nitrogen and oxygen atoms in total. The number of ether oxygens (including phenoxy) is 2. The highest BCUT2D eigenvalue weighted by molar-refractivity contribution is 8.18. The highest BCUT2D eigenvalue weighted by Gasteiger charge is 2.36. The fourth-order valence-electron chi connectivity index (χ4n) is 3.49. The lowest BCUT2D eigenvalue weighted by Gasteiger charge is -2.29. The summed E-state index contributed by atoms with van der Waals surface area (Å²) < 4.78 is 10.9. The molecule has 0 atom stereocenters. The normalized spacial score (nSPS) is 17.6. The molecule has 0 aliphatic carbocycles. The molecule has 2 saturated heterocycles. The molecule has 2 fully saturated rings. The van der Waals surface area contributed by atoms with Crippen LogP contribution < -0.4 is 15.0 Å². The summed E-state index contributed by atoms with van der Waals surface area (Å²) in [4.78, 5) is 40.9. The molecule has 3 amide bonds. The summed E-state index contributed by atoms with van der Waals surface area (Å²) in [5.74, 6) is -0.407. The molecule has 0 bridgehead atoms. The highest BCUT2D eigenvalue weighted by atomic mass is 35.5. The van der Waals surface area contributed by atoms with Gasteiger partial charge in [-0.2, -0.15) is 0 Å². The maximum absolute atomic E-state index is 12.8. The number of carbonyl (C=O) groups is 3. The van der Waals surface area contributed by atoms with E-state index >= 15 is 0 Å². The molecule has 2 aliphatic heterocycles. The maximum atomic E-state index is 12.8. The Bertz CT molecular complexity index is 1100. The topological polar surface area (TPSA) is 88.2 Å². The van der Waals surface area contributed by atoms with Crippen LogP contribution in [0.15, 0.2) is 47.4 Å². The Morgan fingerprint density at radius 3 is 2.61 bits per heavy atom. The van der Waals surface area contributed by atoms with Gasteiger partial charge in [0.2, 0.25) is 5.91 Å². The van der Waals surface area contributed by atoms with Crippen LogP contribution >= 0.6 is 23.4 Å². The first-order chi connectivity index (χ1) is 15.9. The number of hydrogen-bond donors (Lipinski definition) is 1. The van der Waals surface area contributed by atoms with Gasteiger partial charge >= 0.3 is 0 Å². The molecular formula is C23H22ClN3O5S. The number of carbonyl (C=O) groups excluding carboxylic acids is 3. The second-order valence-electron chi connectivity index (χ2n) is 7.35. The van der Waals surface area contributed by atoms with Gasteiger partial charge in [0.25, 0.3) is 11.1 Å². The fourth-order valence-corrected chi connectivity index (χ4v) is 4.45. The van der Waals surface area contributed by atoms with Crippen LogP contribution in [-0.2, 0) is 14.3 Å². The third-order valence-electron chi connectivity index (χ3n) is 5.18. The van der Waals surface area contributed by atoms with Crippen molar-refractivity contribution in [2.75, 3.05) is 50.2 Å². The molecule has 0 saturated carbocycles. The first kappa shape index (κ1) is 23.2. The molecule has 0 spiro atoms. The molecule has 0 radical (unpaired) electrons.